The molecule has 376 valence electrons. The number of aliphatic hydroxyl groups is 4. The molecule has 4 N–H and O–H groups in total. The Bertz CT molecular complexity index is 1990. The molecular formula is C50H78N4O13. The fourth-order valence-electron chi connectivity index (χ4n) is 9.75. The number of hydrogen-bond acceptors (Lipinski definition) is 16. The molecule has 17 heteroatoms. The van der Waals surface area contributed by atoms with Crippen molar-refractivity contribution in [2.75, 3.05) is 34.9 Å². The third-order valence-corrected chi connectivity index (χ3v) is 14.1. The highest BCUT2D eigenvalue weighted by molar-refractivity contribution is 5.91. The van der Waals surface area contributed by atoms with Gasteiger partial charge in [-0.2, -0.15) is 0 Å². The van der Waals surface area contributed by atoms with Gasteiger partial charge in [0.05, 0.1) is 55.8 Å². The monoisotopic (exact) mass is 943 g/mol. The molecule has 2 saturated heterocycles. The largest absolute Gasteiger partial charge is 0.462 e. The molecule has 4 heterocycles. The maximum atomic E-state index is 14.1. The van der Waals surface area contributed by atoms with Gasteiger partial charge in [0.15, 0.2) is 18.4 Å². The van der Waals surface area contributed by atoms with Crippen LogP contribution in [-0.2, 0) is 49.3 Å². The molecule has 0 saturated carbocycles. The molecule has 3 aliphatic heterocycles. The van der Waals surface area contributed by atoms with Crippen LogP contribution in [0.3, 0.4) is 0 Å². The number of cyclic esters (lactones) is 1. The number of carbonyl (C=O) groups excluding carboxylic acids is 2. The number of carbonyl (C=O) groups is 2. The Hall–Kier alpha value is -3.46. The highest BCUT2D eigenvalue weighted by Crippen LogP contribution is 2.36. The molecule has 2 aromatic rings. The topological polar surface area (TPSA) is 214 Å². The number of aliphatic hydroxyl groups excluding tert-OH is 4. The summed E-state index contributed by atoms with van der Waals surface area (Å²) >= 11 is 0. The Kier molecular flexibility index (Phi) is 19.8. The van der Waals surface area contributed by atoms with Gasteiger partial charge in [-0.25, -0.2) is 0 Å². The molecule has 0 spiro atoms. The summed E-state index contributed by atoms with van der Waals surface area (Å²) in [4.78, 5) is 29.8. The Morgan fingerprint density at radius 1 is 0.836 bits per heavy atom. The van der Waals surface area contributed by atoms with E-state index < -0.39 is 109 Å². The number of ether oxygens (including phenoxy) is 7. The van der Waals surface area contributed by atoms with Crippen LogP contribution in [0.4, 0.5) is 0 Å². The second-order valence-electron chi connectivity index (χ2n) is 19.4. The highest BCUT2D eigenvalue weighted by atomic mass is 16.7. The van der Waals surface area contributed by atoms with Gasteiger partial charge in [-0.05, 0) is 110 Å². The zero-order valence-electron chi connectivity index (χ0n) is 41.8. The van der Waals surface area contributed by atoms with Crippen LogP contribution < -0.4 is 0 Å². The molecule has 17 atom stereocenters. The van der Waals surface area contributed by atoms with Crippen LogP contribution in [-0.4, -0.2) is 167 Å². The number of nitrogens with zero attached hydrogens (tertiary/aromatic N) is 4. The highest BCUT2D eigenvalue weighted by Gasteiger charge is 2.48. The summed E-state index contributed by atoms with van der Waals surface area (Å²) in [6.45, 7) is 17.4. The van der Waals surface area contributed by atoms with Crippen molar-refractivity contribution in [1.29, 1.82) is 0 Å². The second-order valence-corrected chi connectivity index (χ2v) is 19.4. The number of methoxy groups -OCH3 is 2. The van der Waals surface area contributed by atoms with E-state index in [4.69, 9.17) is 33.2 Å². The Morgan fingerprint density at radius 2 is 1.49 bits per heavy atom. The number of benzene rings is 1. The van der Waals surface area contributed by atoms with Crippen molar-refractivity contribution in [3.05, 3.63) is 58.8 Å². The Labute approximate surface area is 396 Å². The Morgan fingerprint density at radius 3 is 2.15 bits per heavy atom. The van der Waals surface area contributed by atoms with Crippen LogP contribution in [0.15, 0.2) is 42.1 Å². The molecule has 4 unspecified atom stereocenters. The fraction of sp³-hybridized carbons (Fsp3) is 0.720. The van der Waals surface area contributed by atoms with Crippen molar-refractivity contribution in [3.63, 3.8) is 0 Å². The van der Waals surface area contributed by atoms with Gasteiger partial charge in [0, 0.05) is 44.1 Å². The second kappa shape index (κ2) is 24.4. The third kappa shape index (κ3) is 13.5. The number of allylic oxidation sites excluding steroid dienone is 3. The van der Waals surface area contributed by atoms with E-state index in [1.807, 2.05) is 40.0 Å². The number of aromatic nitrogens is 3. The number of likely N-dealkylation sites (N-methyl/N-ethyl adjacent to an activating group) is 1. The molecule has 0 radical (unpaired) electrons. The normalized spacial score (nSPS) is 37.5. The van der Waals surface area contributed by atoms with Crippen LogP contribution in [0.25, 0.3) is 11.3 Å². The summed E-state index contributed by atoms with van der Waals surface area (Å²) in [5.41, 5.74) is 5.84. The van der Waals surface area contributed by atoms with Gasteiger partial charge < -0.3 is 58.5 Å². The predicted molar refractivity (Wildman–Crippen MR) is 249 cm³/mol. The fourth-order valence-corrected chi connectivity index (χ4v) is 9.75. The zero-order valence-corrected chi connectivity index (χ0v) is 41.8. The maximum absolute atomic E-state index is 14.1. The van der Waals surface area contributed by atoms with E-state index in [9.17, 15) is 30.0 Å². The van der Waals surface area contributed by atoms with Crippen molar-refractivity contribution < 1.29 is 63.2 Å². The van der Waals surface area contributed by atoms with E-state index in [2.05, 4.69) is 36.3 Å². The van der Waals surface area contributed by atoms with E-state index in [1.165, 1.54) is 19.8 Å². The first kappa shape index (κ1) is 54.5. The van der Waals surface area contributed by atoms with Crippen molar-refractivity contribution in [3.8, 4) is 11.3 Å². The summed E-state index contributed by atoms with van der Waals surface area (Å²) in [6, 6.07) is 3.50. The number of rotatable bonds is 13. The van der Waals surface area contributed by atoms with Crippen molar-refractivity contribution in [1.82, 2.24) is 19.9 Å². The minimum Gasteiger partial charge on any atom is -0.462 e. The maximum Gasteiger partial charge on any atom is 0.308 e. The molecule has 1 aromatic heterocycles. The molecule has 0 amide bonds. The summed E-state index contributed by atoms with van der Waals surface area (Å²) in [5, 5.41) is 54.5. The number of aryl methyl sites for hydroxylation is 4. The van der Waals surface area contributed by atoms with Crippen molar-refractivity contribution in [2.24, 2.45) is 23.7 Å². The lowest BCUT2D eigenvalue weighted by molar-refractivity contribution is -0.304. The van der Waals surface area contributed by atoms with Gasteiger partial charge in [-0.3, -0.25) is 14.3 Å². The van der Waals surface area contributed by atoms with Crippen LogP contribution >= 0.6 is 0 Å². The molecule has 17 nitrogen and oxygen atoms in total. The van der Waals surface area contributed by atoms with E-state index in [0.717, 1.165) is 28.0 Å². The quantitative estimate of drug-likeness (QED) is 0.207. The smallest absolute Gasteiger partial charge is 0.308 e. The molecule has 67 heavy (non-hydrogen) atoms. The van der Waals surface area contributed by atoms with Gasteiger partial charge in [-0.15, -0.1) is 5.10 Å². The standard InChI is InChI=1S/C50H78N4O13/c1-14-40-35(25-63-50-48(62-13)47(61-12)44(59)33(9)65-50)19-26(2)15-16-38(55)30(6)21-34(17-18-54-24-37(51-52-54)36-22-28(4)27(3)20-29(36)5)46(31(7)39(56)23-41(57)66-40)67-49-45(60)42(53(10)11)43(58)32(8)64-49/h15-16,19-20,22,24,30-35,39-40,42-50,56,58-60H,14,17-18,21,23,25H2,1-13H3/b16-15+,26-19+/t30-,31+,32-,33?,34+,35-,39-,40-,42?,43-,44-,45?,46-,47+,48?,49+,50-/m1/s1. The average molecular weight is 943 g/mol. The van der Waals surface area contributed by atoms with Crippen molar-refractivity contribution in [2.45, 2.75) is 174 Å². The number of hydrogen-bond donors (Lipinski definition) is 4. The van der Waals surface area contributed by atoms with E-state index in [1.54, 1.807) is 56.6 Å². The van der Waals surface area contributed by atoms with Crippen molar-refractivity contribution >= 4 is 11.8 Å². The predicted octanol–water partition coefficient (Wildman–Crippen LogP) is 4.25. The van der Waals surface area contributed by atoms with Crippen LogP contribution in [0.1, 0.15) is 83.9 Å². The molecule has 5 rings (SSSR count). The molecule has 0 aliphatic carbocycles. The number of ketones is 1. The van der Waals surface area contributed by atoms with Gasteiger partial charge in [0.1, 0.15) is 36.2 Å². The summed E-state index contributed by atoms with van der Waals surface area (Å²) < 4.78 is 44.4. The van der Waals surface area contributed by atoms with Gasteiger partial charge in [0.2, 0.25) is 0 Å². The van der Waals surface area contributed by atoms with Gasteiger partial charge in [0.25, 0.3) is 0 Å². The molecular weight excluding hydrogens is 865 g/mol. The van der Waals surface area contributed by atoms with E-state index >= 15 is 0 Å². The molecule has 0 bridgehead atoms. The van der Waals surface area contributed by atoms with Crippen LogP contribution in [0.5, 0.6) is 0 Å². The molecule has 1 aromatic carbocycles. The lowest BCUT2D eigenvalue weighted by atomic mass is 9.79. The molecule has 2 fully saturated rings. The minimum atomic E-state index is -1.29. The third-order valence-electron chi connectivity index (χ3n) is 14.1. The van der Waals surface area contributed by atoms with E-state index in [0.29, 0.717) is 25.8 Å². The lowest BCUT2D eigenvalue weighted by Crippen LogP contribution is -2.63. The first-order valence-electron chi connectivity index (χ1n) is 23.8. The Balaban J connectivity index is 1.49. The average Bonchev–Trinajstić information content (AvgIpc) is 3.75. The molecule has 3 aliphatic rings. The minimum absolute atomic E-state index is 0.0178. The van der Waals surface area contributed by atoms with Crippen LogP contribution in [0.2, 0.25) is 0 Å². The number of esters is 1. The zero-order chi connectivity index (χ0) is 49.4. The SMILES string of the molecule is CC[C@H]1OC(=O)C[C@@H](O)[C@H](C)[C@@H](O[C@@H]2O[C@H](C)[C@@H](O)C(N(C)C)C2O)[C@@H](CCn2cc(-c3cc(C)c(C)cc3C)nn2)C[C@@H](C)C(=O)/C=C/C(C)=C/[C@@H]1CO[C@@H]1OC(C)[C@@H](O)[C@H](OC)C1OC. The first-order chi connectivity index (χ1) is 31.7. The summed E-state index contributed by atoms with van der Waals surface area (Å²) in [5.74, 6) is -3.03. The van der Waals surface area contributed by atoms with Gasteiger partial charge in [-0.1, -0.05) is 49.8 Å². The summed E-state index contributed by atoms with van der Waals surface area (Å²) in [6.07, 6.45) is -3.30. The first-order valence-corrected chi connectivity index (χ1v) is 23.8. The van der Waals surface area contributed by atoms with Gasteiger partial charge >= 0.3 is 5.97 Å². The summed E-state index contributed by atoms with van der Waals surface area (Å²) in [7, 11) is 6.47. The van der Waals surface area contributed by atoms with Crippen LogP contribution in [0, 0.1) is 44.4 Å². The van der Waals surface area contributed by atoms with E-state index in [-0.39, 0.29) is 18.8 Å². The lowest BCUT2D eigenvalue weighted by Gasteiger charge is -2.46.